The highest BCUT2D eigenvalue weighted by Crippen LogP contribution is 2.25. The van der Waals surface area contributed by atoms with Crippen molar-refractivity contribution in [1.29, 1.82) is 0 Å². The fourth-order valence-corrected chi connectivity index (χ4v) is 3.89. The third kappa shape index (κ3) is 2.81. The zero-order chi connectivity index (χ0) is 13.0. The van der Waals surface area contributed by atoms with Crippen LogP contribution in [-0.4, -0.2) is 36.8 Å². The van der Waals surface area contributed by atoms with E-state index in [1.54, 1.807) is 0 Å². The largest absolute Gasteiger partial charge is 0.505 e. The Balaban J connectivity index is 2.26. The van der Waals surface area contributed by atoms with E-state index < -0.39 is 15.1 Å². The lowest BCUT2D eigenvalue weighted by Gasteiger charge is -2.20. The minimum Gasteiger partial charge on any atom is -0.505 e. The maximum Gasteiger partial charge on any atom is 0.203 e. The van der Waals surface area contributed by atoms with E-state index in [4.69, 9.17) is 0 Å². The van der Waals surface area contributed by atoms with Crippen molar-refractivity contribution < 1.29 is 13.5 Å². The standard InChI is InChI=1S/C12H18N2O3S/c15-11-6-4-8-14-12(11)18(16,17)10-5-2-1-3-7-13-9-10/h4,6,8,10,13,15H,1-3,5,7,9H2. The highest BCUT2D eigenvalue weighted by atomic mass is 32.2. The van der Waals surface area contributed by atoms with E-state index in [9.17, 15) is 13.5 Å². The lowest BCUT2D eigenvalue weighted by Crippen LogP contribution is -2.35. The molecule has 6 heteroatoms. The van der Waals surface area contributed by atoms with E-state index >= 15 is 0 Å². The Labute approximate surface area is 107 Å². The van der Waals surface area contributed by atoms with Crippen LogP contribution in [0.2, 0.25) is 0 Å². The van der Waals surface area contributed by atoms with Crippen LogP contribution in [0.5, 0.6) is 5.75 Å². The Kier molecular flexibility index (Phi) is 4.19. The third-order valence-corrected chi connectivity index (χ3v) is 5.34. The number of aromatic hydroxyl groups is 1. The number of nitrogens with one attached hydrogen (secondary N) is 1. The topological polar surface area (TPSA) is 79.3 Å². The fourth-order valence-electron chi connectivity index (χ4n) is 2.19. The van der Waals surface area contributed by atoms with Crippen LogP contribution >= 0.6 is 0 Å². The summed E-state index contributed by atoms with van der Waals surface area (Å²) in [4.78, 5) is 3.81. The maximum atomic E-state index is 12.4. The van der Waals surface area contributed by atoms with E-state index in [1.807, 2.05) is 0 Å². The second-order valence-electron chi connectivity index (χ2n) is 4.55. The molecule has 1 atom stereocenters. The van der Waals surface area contributed by atoms with Crippen LogP contribution in [0, 0.1) is 0 Å². The van der Waals surface area contributed by atoms with Gasteiger partial charge in [0.1, 0.15) is 0 Å². The van der Waals surface area contributed by atoms with E-state index in [0.717, 1.165) is 25.8 Å². The number of hydrogen-bond acceptors (Lipinski definition) is 5. The zero-order valence-corrected chi connectivity index (χ0v) is 11.0. The molecule has 1 unspecified atom stereocenters. The predicted molar refractivity (Wildman–Crippen MR) is 68.2 cm³/mol. The van der Waals surface area contributed by atoms with Crippen molar-refractivity contribution in [2.45, 2.75) is 36.0 Å². The summed E-state index contributed by atoms with van der Waals surface area (Å²) in [6.07, 6.45) is 5.03. The van der Waals surface area contributed by atoms with Gasteiger partial charge in [0.25, 0.3) is 0 Å². The molecule has 0 bridgehead atoms. The molecule has 2 rings (SSSR count). The average Bonchev–Trinajstić information content (AvgIpc) is 2.28. The van der Waals surface area contributed by atoms with Crippen molar-refractivity contribution >= 4 is 9.84 Å². The molecule has 1 aliphatic rings. The number of sulfone groups is 1. The SMILES string of the molecule is O=S(=O)(c1ncccc1O)C1CCCCCNC1. The molecule has 0 radical (unpaired) electrons. The molecule has 0 aliphatic carbocycles. The Hall–Kier alpha value is -1.14. The Morgan fingerprint density at radius 3 is 2.94 bits per heavy atom. The number of hydrogen-bond donors (Lipinski definition) is 2. The highest BCUT2D eigenvalue weighted by molar-refractivity contribution is 7.92. The van der Waals surface area contributed by atoms with Crippen LogP contribution in [-0.2, 0) is 9.84 Å². The van der Waals surface area contributed by atoms with Crippen LogP contribution in [0.1, 0.15) is 25.7 Å². The molecule has 18 heavy (non-hydrogen) atoms. The van der Waals surface area contributed by atoms with Crippen LogP contribution in [0.25, 0.3) is 0 Å². The van der Waals surface area contributed by atoms with Crippen molar-refractivity contribution in [2.24, 2.45) is 0 Å². The van der Waals surface area contributed by atoms with Gasteiger partial charge in [-0.25, -0.2) is 13.4 Å². The summed E-state index contributed by atoms with van der Waals surface area (Å²) in [6, 6.07) is 2.88. The summed E-state index contributed by atoms with van der Waals surface area (Å²) in [5, 5.41) is 12.1. The summed E-state index contributed by atoms with van der Waals surface area (Å²) in [5.74, 6) is -0.264. The van der Waals surface area contributed by atoms with Crippen molar-refractivity contribution in [3.63, 3.8) is 0 Å². The van der Waals surface area contributed by atoms with Crippen molar-refractivity contribution in [3.8, 4) is 5.75 Å². The van der Waals surface area contributed by atoms with Gasteiger partial charge in [0, 0.05) is 12.7 Å². The lowest BCUT2D eigenvalue weighted by molar-refractivity contribution is 0.448. The molecule has 1 saturated heterocycles. The monoisotopic (exact) mass is 270 g/mol. The number of aromatic nitrogens is 1. The van der Waals surface area contributed by atoms with Gasteiger partial charge >= 0.3 is 0 Å². The summed E-state index contributed by atoms with van der Waals surface area (Å²) < 4.78 is 24.8. The molecule has 1 aliphatic heterocycles. The van der Waals surface area contributed by atoms with E-state index in [1.165, 1.54) is 18.3 Å². The molecule has 0 amide bonds. The summed E-state index contributed by atoms with van der Waals surface area (Å²) in [6.45, 7) is 1.28. The smallest absolute Gasteiger partial charge is 0.203 e. The second-order valence-corrected chi connectivity index (χ2v) is 6.69. The predicted octanol–water partition coefficient (Wildman–Crippen LogP) is 1.09. The quantitative estimate of drug-likeness (QED) is 0.841. The first-order valence-electron chi connectivity index (χ1n) is 6.21. The molecule has 2 heterocycles. The summed E-state index contributed by atoms with van der Waals surface area (Å²) in [5.41, 5.74) is 0. The molecular weight excluding hydrogens is 252 g/mol. The lowest BCUT2D eigenvalue weighted by atomic mass is 10.1. The second kappa shape index (κ2) is 5.67. The van der Waals surface area contributed by atoms with Crippen LogP contribution in [0.4, 0.5) is 0 Å². The summed E-state index contributed by atoms with van der Waals surface area (Å²) in [7, 11) is -3.56. The number of rotatable bonds is 2. The highest BCUT2D eigenvalue weighted by Gasteiger charge is 2.30. The van der Waals surface area contributed by atoms with Gasteiger partial charge < -0.3 is 10.4 Å². The molecule has 0 spiro atoms. The van der Waals surface area contributed by atoms with Gasteiger partial charge in [-0.05, 0) is 31.5 Å². The summed E-state index contributed by atoms with van der Waals surface area (Å²) >= 11 is 0. The molecule has 2 N–H and O–H groups in total. The Morgan fingerprint density at radius 2 is 2.17 bits per heavy atom. The first-order valence-corrected chi connectivity index (χ1v) is 7.75. The molecule has 5 nitrogen and oxygen atoms in total. The molecule has 1 fully saturated rings. The van der Waals surface area contributed by atoms with Gasteiger partial charge in [0.2, 0.25) is 9.84 Å². The van der Waals surface area contributed by atoms with Gasteiger partial charge in [-0.15, -0.1) is 0 Å². The number of pyridine rings is 1. The van der Waals surface area contributed by atoms with E-state index in [-0.39, 0.29) is 10.8 Å². The molecule has 1 aromatic rings. The van der Waals surface area contributed by atoms with Gasteiger partial charge in [0.15, 0.2) is 10.8 Å². The Bertz CT molecular complexity index is 494. The molecular formula is C12H18N2O3S. The first kappa shape index (κ1) is 13.3. The zero-order valence-electron chi connectivity index (χ0n) is 10.2. The number of nitrogens with zero attached hydrogens (tertiary/aromatic N) is 1. The maximum absolute atomic E-state index is 12.4. The van der Waals surface area contributed by atoms with Crippen molar-refractivity contribution in [1.82, 2.24) is 10.3 Å². The average molecular weight is 270 g/mol. The van der Waals surface area contributed by atoms with Gasteiger partial charge in [-0.3, -0.25) is 0 Å². The van der Waals surface area contributed by atoms with Gasteiger partial charge in [0.05, 0.1) is 5.25 Å². The van der Waals surface area contributed by atoms with Crippen molar-refractivity contribution in [2.75, 3.05) is 13.1 Å². The van der Waals surface area contributed by atoms with Gasteiger partial charge in [-0.1, -0.05) is 12.8 Å². The molecule has 100 valence electrons. The van der Waals surface area contributed by atoms with Crippen LogP contribution in [0.3, 0.4) is 0 Å². The van der Waals surface area contributed by atoms with Crippen LogP contribution in [0.15, 0.2) is 23.4 Å². The minimum atomic E-state index is -3.56. The van der Waals surface area contributed by atoms with Crippen molar-refractivity contribution in [3.05, 3.63) is 18.3 Å². The fraction of sp³-hybridized carbons (Fsp3) is 0.583. The Morgan fingerprint density at radius 1 is 1.33 bits per heavy atom. The van der Waals surface area contributed by atoms with Gasteiger partial charge in [-0.2, -0.15) is 0 Å². The molecule has 0 saturated carbocycles. The normalized spacial score (nSPS) is 22.1. The molecule has 0 aromatic carbocycles. The third-order valence-electron chi connectivity index (χ3n) is 3.21. The van der Waals surface area contributed by atoms with E-state index in [2.05, 4.69) is 10.3 Å². The van der Waals surface area contributed by atoms with Crippen LogP contribution < -0.4 is 5.32 Å². The first-order chi connectivity index (χ1) is 8.62. The minimum absolute atomic E-state index is 0.197. The molecule has 1 aromatic heterocycles. The van der Waals surface area contributed by atoms with E-state index in [0.29, 0.717) is 13.0 Å².